The Morgan fingerprint density at radius 3 is 2.39 bits per heavy atom. The highest BCUT2D eigenvalue weighted by molar-refractivity contribution is 6.37. The molecular weight excluding hydrogens is 284 g/mol. The summed E-state index contributed by atoms with van der Waals surface area (Å²) in [4.78, 5) is 14.5. The summed E-state index contributed by atoms with van der Waals surface area (Å²) < 4.78 is 14.2. The fourth-order valence-electron chi connectivity index (χ4n) is 1.43. The summed E-state index contributed by atoms with van der Waals surface area (Å²) in [5.74, 6) is -1.97. The zero-order chi connectivity index (χ0) is 13.4. The summed E-state index contributed by atoms with van der Waals surface area (Å²) in [5.41, 5.74) is 0.192. The first-order valence-electron chi connectivity index (χ1n) is 4.72. The minimum absolute atomic E-state index is 0.0185. The molecule has 0 atom stereocenters. The van der Waals surface area contributed by atoms with Gasteiger partial charge in [-0.3, -0.25) is 0 Å². The zero-order valence-corrected chi connectivity index (χ0v) is 10.5. The molecule has 0 saturated carbocycles. The molecule has 0 fully saturated rings. The molecule has 94 valence electrons. The van der Waals surface area contributed by atoms with Gasteiger partial charge in [0.05, 0.1) is 10.0 Å². The van der Waals surface area contributed by atoms with Gasteiger partial charge in [0.2, 0.25) is 0 Å². The van der Waals surface area contributed by atoms with E-state index in [-0.39, 0.29) is 27.4 Å². The number of hydrogen-bond donors (Lipinski definition) is 1. The van der Waals surface area contributed by atoms with Crippen LogP contribution in [0.15, 0.2) is 12.1 Å². The van der Waals surface area contributed by atoms with Crippen molar-refractivity contribution in [2.45, 2.75) is 6.92 Å². The first-order chi connectivity index (χ1) is 8.40. The van der Waals surface area contributed by atoms with E-state index >= 15 is 0 Å². The minimum Gasteiger partial charge on any atom is -0.475 e. The van der Waals surface area contributed by atoms with Gasteiger partial charge in [0, 0.05) is 0 Å². The molecule has 5 nitrogen and oxygen atoms in total. The first kappa shape index (κ1) is 12.8. The van der Waals surface area contributed by atoms with Crippen molar-refractivity contribution in [1.29, 1.82) is 0 Å². The lowest BCUT2D eigenvalue weighted by molar-refractivity contribution is 0.0683. The third kappa shape index (κ3) is 2.16. The lowest BCUT2D eigenvalue weighted by Gasteiger charge is -2.07. The number of benzene rings is 1. The van der Waals surface area contributed by atoms with Crippen LogP contribution in [0.2, 0.25) is 10.0 Å². The van der Waals surface area contributed by atoms with E-state index in [1.165, 1.54) is 6.92 Å². The summed E-state index contributed by atoms with van der Waals surface area (Å²) in [5, 5.41) is 12.6. The van der Waals surface area contributed by atoms with Crippen molar-refractivity contribution in [2.24, 2.45) is 0 Å². The first-order valence-corrected chi connectivity index (χ1v) is 5.47. The molecule has 0 aliphatic carbocycles. The Morgan fingerprint density at radius 1 is 1.39 bits per heavy atom. The zero-order valence-electron chi connectivity index (χ0n) is 8.99. The number of aromatic nitrogens is 3. The van der Waals surface area contributed by atoms with Crippen molar-refractivity contribution in [2.75, 3.05) is 0 Å². The van der Waals surface area contributed by atoms with Crippen molar-refractivity contribution >= 4 is 29.2 Å². The van der Waals surface area contributed by atoms with Gasteiger partial charge < -0.3 is 5.11 Å². The van der Waals surface area contributed by atoms with Crippen LogP contribution in [0.5, 0.6) is 0 Å². The second-order valence-corrected chi connectivity index (χ2v) is 4.23. The van der Waals surface area contributed by atoms with Crippen molar-refractivity contribution in [3.63, 3.8) is 0 Å². The molecule has 0 amide bonds. The summed E-state index contributed by atoms with van der Waals surface area (Å²) in [6.45, 7) is 1.54. The standard InChI is InChI=1S/C10H6Cl2FN3O2/c1-4-14-9(10(17)18)15-16(4)8-6(11)2-5(13)3-7(8)12/h2-3H,1H3,(H,17,18). The highest BCUT2D eigenvalue weighted by Crippen LogP contribution is 2.29. The number of halogens is 3. The molecule has 18 heavy (non-hydrogen) atoms. The third-order valence-electron chi connectivity index (χ3n) is 2.15. The molecule has 0 radical (unpaired) electrons. The monoisotopic (exact) mass is 289 g/mol. The molecule has 0 bridgehead atoms. The molecule has 2 aromatic rings. The average Bonchev–Trinajstić information content (AvgIpc) is 2.59. The number of carboxylic acids is 1. The second kappa shape index (κ2) is 4.55. The van der Waals surface area contributed by atoms with Crippen molar-refractivity contribution in [1.82, 2.24) is 14.8 Å². The maximum atomic E-state index is 13.0. The lowest BCUT2D eigenvalue weighted by atomic mass is 10.3. The van der Waals surface area contributed by atoms with Gasteiger partial charge >= 0.3 is 5.97 Å². The van der Waals surface area contributed by atoms with Gasteiger partial charge in [-0.2, -0.15) is 0 Å². The molecule has 0 saturated heterocycles. The minimum atomic E-state index is -1.27. The summed E-state index contributed by atoms with van der Waals surface area (Å²) in [7, 11) is 0. The van der Waals surface area contributed by atoms with E-state index in [1.807, 2.05) is 0 Å². The van der Waals surface area contributed by atoms with Crippen molar-refractivity contribution in [3.8, 4) is 5.69 Å². The number of aryl methyl sites for hydroxylation is 1. The van der Waals surface area contributed by atoms with Gasteiger partial charge in [0.15, 0.2) is 0 Å². The summed E-state index contributed by atoms with van der Waals surface area (Å²) in [6, 6.07) is 2.12. The molecule has 1 heterocycles. The van der Waals surface area contributed by atoms with Crippen LogP contribution in [0.1, 0.15) is 16.4 Å². The Morgan fingerprint density at radius 2 is 1.94 bits per heavy atom. The molecule has 1 aromatic carbocycles. The van der Waals surface area contributed by atoms with Gasteiger partial charge in [-0.15, -0.1) is 5.10 Å². The van der Waals surface area contributed by atoms with E-state index in [4.69, 9.17) is 28.3 Å². The quantitative estimate of drug-likeness (QED) is 0.923. The lowest BCUT2D eigenvalue weighted by Crippen LogP contribution is -2.04. The molecular formula is C10H6Cl2FN3O2. The van der Waals surface area contributed by atoms with Crippen LogP contribution < -0.4 is 0 Å². The normalized spacial score (nSPS) is 10.7. The Kier molecular flexibility index (Phi) is 3.23. The highest BCUT2D eigenvalue weighted by atomic mass is 35.5. The number of hydrogen-bond acceptors (Lipinski definition) is 3. The van der Waals surface area contributed by atoms with Gasteiger partial charge in [0.1, 0.15) is 17.3 Å². The van der Waals surface area contributed by atoms with Crippen LogP contribution in [0.4, 0.5) is 4.39 Å². The molecule has 8 heteroatoms. The largest absolute Gasteiger partial charge is 0.475 e. The molecule has 1 N–H and O–H groups in total. The average molecular weight is 290 g/mol. The van der Waals surface area contributed by atoms with Gasteiger partial charge in [0.25, 0.3) is 5.82 Å². The number of carboxylic acid groups (broad SMARTS) is 1. The Hall–Kier alpha value is -1.66. The predicted octanol–water partition coefficient (Wildman–Crippen LogP) is 2.72. The molecule has 1 aromatic heterocycles. The molecule has 2 rings (SSSR count). The van der Waals surface area contributed by atoms with Crippen molar-refractivity contribution < 1.29 is 14.3 Å². The fraction of sp³-hybridized carbons (Fsp3) is 0.100. The topological polar surface area (TPSA) is 68.0 Å². The van der Waals surface area contributed by atoms with E-state index in [0.29, 0.717) is 0 Å². The Labute approximate surface area is 111 Å². The second-order valence-electron chi connectivity index (χ2n) is 3.42. The molecule has 0 spiro atoms. The van der Waals surface area contributed by atoms with Gasteiger partial charge in [-0.25, -0.2) is 18.9 Å². The maximum Gasteiger partial charge on any atom is 0.375 e. The smallest absolute Gasteiger partial charge is 0.375 e. The Bertz CT molecular complexity index is 619. The van der Waals surface area contributed by atoms with E-state index in [9.17, 15) is 9.18 Å². The van der Waals surface area contributed by atoms with Crippen LogP contribution in [-0.4, -0.2) is 25.8 Å². The van der Waals surface area contributed by atoms with Gasteiger partial charge in [-0.05, 0) is 19.1 Å². The number of carbonyl (C=O) groups is 1. The fourth-order valence-corrected chi connectivity index (χ4v) is 2.05. The molecule has 0 aliphatic rings. The van der Waals surface area contributed by atoms with Crippen LogP contribution in [0.3, 0.4) is 0 Å². The van der Waals surface area contributed by atoms with Crippen LogP contribution in [-0.2, 0) is 0 Å². The van der Waals surface area contributed by atoms with E-state index in [1.54, 1.807) is 0 Å². The summed E-state index contributed by atoms with van der Waals surface area (Å²) >= 11 is 11.7. The molecule has 0 unspecified atom stereocenters. The van der Waals surface area contributed by atoms with Gasteiger partial charge in [-0.1, -0.05) is 23.2 Å². The number of nitrogens with zero attached hydrogens (tertiary/aromatic N) is 3. The Balaban J connectivity index is 2.66. The summed E-state index contributed by atoms with van der Waals surface area (Å²) in [6.07, 6.45) is 0. The third-order valence-corrected chi connectivity index (χ3v) is 2.73. The van der Waals surface area contributed by atoms with E-state index < -0.39 is 11.8 Å². The SMILES string of the molecule is Cc1nc(C(=O)O)nn1-c1c(Cl)cc(F)cc1Cl. The maximum absolute atomic E-state index is 13.0. The number of rotatable bonds is 2. The molecule has 0 aliphatic heterocycles. The van der Waals surface area contributed by atoms with Crippen molar-refractivity contribution in [3.05, 3.63) is 39.6 Å². The number of aromatic carboxylic acids is 1. The van der Waals surface area contributed by atoms with Crippen LogP contribution in [0.25, 0.3) is 5.69 Å². The van der Waals surface area contributed by atoms with E-state index in [0.717, 1.165) is 16.8 Å². The van der Waals surface area contributed by atoms with Crippen LogP contribution in [0, 0.1) is 12.7 Å². The predicted molar refractivity (Wildman–Crippen MR) is 63.0 cm³/mol. The van der Waals surface area contributed by atoms with E-state index in [2.05, 4.69) is 10.1 Å². The van der Waals surface area contributed by atoms with Crippen LogP contribution >= 0.6 is 23.2 Å². The highest BCUT2D eigenvalue weighted by Gasteiger charge is 2.18.